The summed E-state index contributed by atoms with van der Waals surface area (Å²) in [5.74, 6) is 0.534. The molecule has 1 aromatic carbocycles. The van der Waals surface area contributed by atoms with Gasteiger partial charge in [0.2, 0.25) is 0 Å². The van der Waals surface area contributed by atoms with E-state index in [1.54, 1.807) is 6.07 Å². The molecule has 72 valence electrons. The van der Waals surface area contributed by atoms with E-state index in [1.165, 1.54) is 13.2 Å². The van der Waals surface area contributed by atoms with Crippen LogP contribution < -0.4 is 10.5 Å². The molecular weight excluding hydrogens is 190 g/mol. The van der Waals surface area contributed by atoms with Gasteiger partial charge in [-0.3, -0.25) is 0 Å². The number of rotatable bonds is 3. The van der Waals surface area contributed by atoms with Gasteiger partial charge >= 0.3 is 0 Å². The number of nitrogens with two attached hydrogens (primary N) is 1. The second-order valence-corrected chi connectivity index (χ2v) is 3.01. The molecule has 0 aliphatic carbocycles. The summed E-state index contributed by atoms with van der Waals surface area (Å²) in [5, 5.41) is 9.52. The van der Waals surface area contributed by atoms with Gasteiger partial charge in [0.15, 0.2) is 0 Å². The fourth-order valence-electron chi connectivity index (χ4n) is 1.16. The van der Waals surface area contributed by atoms with Gasteiger partial charge in [-0.25, -0.2) is 0 Å². The molecule has 0 fully saturated rings. The highest BCUT2D eigenvalue weighted by Crippen LogP contribution is 2.36. The number of phenols is 1. The third-order valence-electron chi connectivity index (χ3n) is 1.78. The second-order valence-electron chi connectivity index (χ2n) is 2.63. The first-order valence-corrected chi connectivity index (χ1v) is 4.33. The summed E-state index contributed by atoms with van der Waals surface area (Å²) in [6.45, 7) is 0.525. The quantitative estimate of drug-likeness (QED) is 0.781. The van der Waals surface area contributed by atoms with E-state index in [1.807, 2.05) is 0 Å². The summed E-state index contributed by atoms with van der Waals surface area (Å²) in [6, 6.07) is 3.29. The fourth-order valence-corrected chi connectivity index (χ4v) is 1.42. The Hall–Kier alpha value is -0.930. The molecule has 0 bridgehead atoms. The maximum Gasteiger partial charge on any atom is 0.144 e. The number of benzene rings is 1. The van der Waals surface area contributed by atoms with Gasteiger partial charge in [-0.1, -0.05) is 17.7 Å². The Labute approximate surface area is 82.1 Å². The first kappa shape index (κ1) is 10.2. The lowest BCUT2D eigenvalue weighted by molar-refractivity contribution is 0.403. The van der Waals surface area contributed by atoms with Crippen molar-refractivity contribution in [2.75, 3.05) is 13.7 Å². The molecule has 0 aromatic heterocycles. The molecular formula is C9H12ClNO2. The Kier molecular flexibility index (Phi) is 3.39. The lowest BCUT2D eigenvalue weighted by Gasteiger charge is -2.10. The molecule has 0 aliphatic rings. The number of phenolic OH excluding ortho intramolecular Hbond substituents is 1. The highest BCUT2D eigenvalue weighted by atomic mass is 35.5. The Morgan fingerprint density at radius 3 is 2.77 bits per heavy atom. The maximum atomic E-state index is 9.28. The molecule has 1 rings (SSSR count). The van der Waals surface area contributed by atoms with Crippen molar-refractivity contribution in [1.82, 2.24) is 0 Å². The molecule has 3 nitrogen and oxygen atoms in total. The van der Waals surface area contributed by atoms with Crippen LogP contribution in [0.15, 0.2) is 12.1 Å². The van der Waals surface area contributed by atoms with Crippen molar-refractivity contribution in [2.45, 2.75) is 6.42 Å². The van der Waals surface area contributed by atoms with E-state index >= 15 is 0 Å². The van der Waals surface area contributed by atoms with Gasteiger partial charge in [0.05, 0.1) is 7.11 Å². The normalized spacial score (nSPS) is 10.1. The van der Waals surface area contributed by atoms with E-state index in [0.717, 1.165) is 5.56 Å². The minimum atomic E-state index is 0.0271. The summed E-state index contributed by atoms with van der Waals surface area (Å²) in [4.78, 5) is 0. The van der Waals surface area contributed by atoms with Gasteiger partial charge in [0.25, 0.3) is 0 Å². The zero-order valence-corrected chi connectivity index (χ0v) is 8.14. The predicted molar refractivity (Wildman–Crippen MR) is 52.4 cm³/mol. The summed E-state index contributed by atoms with van der Waals surface area (Å²) in [5.41, 5.74) is 6.32. The largest absolute Gasteiger partial charge is 0.506 e. The molecule has 0 aliphatic heterocycles. The van der Waals surface area contributed by atoms with Crippen LogP contribution in [0.2, 0.25) is 5.02 Å². The lowest BCUT2D eigenvalue weighted by atomic mass is 10.1. The standard InChI is InChI=1S/C9H12ClNO2/c1-13-9-6(4-5-11)2-3-7(12)8(9)10/h2-3,12H,4-5,11H2,1H3. The van der Waals surface area contributed by atoms with E-state index in [-0.39, 0.29) is 10.8 Å². The topological polar surface area (TPSA) is 55.5 Å². The number of methoxy groups -OCH3 is 1. The molecule has 0 amide bonds. The third-order valence-corrected chi connectivity index (χ3v) is 2.14. The van der Waals surface area contributed by atoms with Crippen LogP contribution >= 0.6 is 11.6 Å². The third kappa shape index (κ3) is 2.05. The molecule has 0 saturated heterocycles. The summed E-state index contributed by atoms with van der Waals surface area (Å²) in [6.07, 6.45) is 0.684. The molecule has 3 N–H and O–H groups in total. The van der Waals surface area contributed by atoms with Crippen molar-refractivity contribution in [3.05, 3.63) is 22.7 Å². The number of hydrogen-bond acceptors (Lipinski definition) is 3. The van der Waals surface area contributed by atoms with Crippen LogP contribution in [0, 0.1) is 0 Å². The summed E-state index contributed by atoms with van der Waals surface area (Å²) >= 11 is 5.82. The Morgan fingerprint density at radius 2 is 2.23 bits per heavy atom. The molecule has 1 aromatic rings. The van der Waals surface area contributed by atoms with Crippen molar-refractivity contribution in [2.24, 2.45) is 5.73 Å². The van der Waals surface area contributed by atoms with Gasteiger partial charge in [-0.05, 0) is 24.6 Å². The van der Waals surface area contributed by atoms with Gasteiger partial charge in [-0.2, -0.15) is 0 Å². The van der Waals surface area contributed by atoms with Crippen LogP contribution in [0.5, 0.6) is 11.5 Å². The van der Waals surface area contributed by atoms with Crippen molar-refractivity contribution in [3.63, 3.8) is 0 Å². The number of aromatic hydroxyl groups is 1. The first-order chi connectivity index (χ1) is 6.20. The van der Waals surface area contributed by atoms with E-state index in [0.29, 0.717) is 18.7 Å². The summed E-state index contributed by atoms with van der Waals surface area (Å²) in [7, 11) is 1.51. The number of ether oxygens (including phenoxy) is 1. The van der Waals surface area contributed by atoms with Crippen LogP contribution in [-0.4, -0.2) is 18.8 Å². The van der Waals surface area contributed by atoms with Gasteiger partial charge in [-0.15, -0.1) is 0 Å². The minimum Gasteiger partial charge on any atom is -0.506 e. The molecule has 0 radical (unpaired) electrons. The van der Waals surface area contributed by atoms with Crippen molar-refractivity contribution >= 4 is 11.6 Å². The molecule has 0 heterocycles. The van der Waals surface area contributed by atoms with Gasteiger partial charge < -0.3 is 15.6 Å². The van der Waals surface area contributed by atoms with Crippen LogP contribution in [0.4, 0.5) is 0 Å². The number of halogens is 1. The zero-order chi connectivity index (χ0) is 9.84. The van der Waals surface area contributed by atoms with Crippen molar-refractivity contribution in [1.29, 1.82) is 0 Å². The van der Waals surface area contributed by atoms with Crippen LogP contribution in [0.3, 0.4) is 0 Å². The maximum absolute atomic E-state index is 9.28. The van der Waals surface area contributed by atoms with Crippen LogP contribution in [-0.2, 0) is 6.42 Å². The average molecular weight is 202 g/mol. The van der Waals surface area contributed by atoms with E-state index in [9.17, 15) is 5.11 Å². The van der Waals surface area contributed by atoms with Crippen molar-refractivity contribution < 1.29 is 9.84 Å². The molecule has 0 spiro atoms. The SMILES string of the molecule is COc1c(CCN)ccc(O)c1Cl. The Morgan fingerprint density at radius 1 is 1.54 bits per heavy atom. The highest BCUT2D eigenvalue weighted by molar-refractivity contribution is 6.33. The predicted octanol–water partition coefficient (Wildman–Crippen LogP) is 1.56. The molecule has 0 saturated carbocycles. The van der Waals surface area contributed by atoms with Crippen molar-refractivity contribution in [3.8, 4) is 11.5 Å². The molecule has 4 heteroatoms. The van der Waals surface area contributed by atoms with E-state index in [4.69, 9.17) is 22.1 Å². The Bertz CT molecular complexity index is 302. The van der Waals surface area contributed by atoms with E-state index in [2.05, 4.69) is 0 Å². The molecule has 0 unspecified atom stereocenters. The zero-order valence-electron chi connectivity index (χ0n) is 7.38. The number of hydrogen-bond donors (Lipinski definition) is 2. The monoisotopic (exact) mass is 201 g/mol. The smallest absolute Gasteiger partial charge is 0.144 e. The second kappa shape index (κ2) is 4.35. The fraction of sp³-hybridized carbons (Fsp3) is 0.333. The molecule has 0 atom stereocenters. The average Bonchev–Trinajstić information content (AvgIpc) is 2.12. The first-order valence-electron chi connectivity index (χ1n) is 3.95. The lowest BCUT2D eigenvalue weighted by Crippen LogP contribution is -2.04. The summed E-state index contributed by atoms with van der Waals surface area (Å²) < 4.78 is 5.06. The van der Waals surface area contributed by atoms with Gasteiger partial charge in [0.1, 0.15) is 16.5 Å². The molecule has 13 heavy (non-hydrogen) atoms. The van der Waals surface area contributed by atoms with Crippen LogP contribution in [0.1, 0.15) is 5.56 Å². The minimum absolute atomic E-state index is 0.0271. The van der Waals surface area contributed by atoms with Crippen LogP contribution in [0.25, 0.3) is 0 Å². The van der Waals surface area contributed by atoms with E-state index < -0.39 is 0 Å². The highest BCUT2D eigenvalue weighted by Gasteiger charge is 2.10. The van der Waals surface area contributed by atoms with Gasteiger partial charge in [0, 0.05) is 0 Å². The Balaban J connectivity index is 3.13.